The molecule has 0 bridgehead atoms. The zero-order valence-corrected chi connectivity index (χ0v) is 3.91. The quantitative estimate of drug-likeness (QED) is 0.347. The molecule has 0 heterocycles. The fourth-order valence-electron chi connectivity index (χ4n) is 0.647. The predicted molar refractivity (Wildman–Crippen MR) is 24.6 cm³/mol. The highest BCUT2D eigenvalue weighted by Crippen LogP contribution is 2.17. The molecule has 0 aromatic carbocycles. The van der Waals surface area contributed by atoms with Crippen LogP contribution < -0.4 is 5.73 Å². The van der Waals surface area contributed by atoms with Crippen LogP contribution in [0, 0.1) is 0 Å². The van der Waals surface area contributed by atoms with Crippen LogP contribution in [-0.2, 0) is 0 Å². The summed E-state index contributed by atoms with van der Waals surface area (Å²) >= 11 is 0. The molecule has 1 aliphatic rings. The van der Waals surface area contributed by atoms with Gasteiger partial charge in [0.2, 0.25) is 0 Å². The summed E-state index contributed by atoms with van der Waals surface area (Å²) in [5.74, 6) is 0. The number of aliphatic hydroxyl groups is 2. The summed E-state index contributed by atoms with van der Waals surface area (Å²) in [4.78, 5) is 0. The first kappa shape index (κ1) is 5.03. The summed E-state index contributed by atoms with van der Waals surface area (Å²) in [5.41, 5.74) is 5.20. The van der Waals surface area contributed by atoms with Crippen molar-refractivity contribution >= 4 is 0 Å². The van der Waals surface area contributed by atoms with E-state index in [1.165, 1.54) is 0 Å². The van der Waals surface area contributed by atoms with Crippen molar-refractivity contribution in [3.8, 4) is 0 Å². The molecule has 4 N–H and O–H groups in total. The van der Waals surface area contributed by atoms with Gasteiger partial charge in [-0.05, 0) is 6.42 Å². The molecule has 3 atom stereocenters. The van der Waals surface area contributed by atoms with Gasteiger partial charge in [-0.3, -0.25) is 0 Å². The minimum atomic E-state index is -0.667. The number of hydrogen-bond donors (Lipinski definition) is 3. The van der Waals surface area contributed by atoms with Crippen LogP contribution in [0.1, 0.15) is 6.42 Å². The summed E-state index contributed by atoms with van der Waals surface area (Å²) in [6.45, 7) is 0. The van der Waals surface area contributed by atoms with Crippen molar-refractivity contribution in [3.63, 3.8) is 0 Å². The first-order valence-electron chi connectivity index (χ1n) is 2.33. The molecule has 3 nitrogen and oxygen atoms in total. The van der Waals surface area contributed by atoms with Crippen molar-refractivity contribution in [2.75, 3.05) is 0 Å². The monoisotopic (exact) mass is 103 g/mol. The first-order valence-corrected chi connectivity index (χ1v) is 2.33. The lowest BCUT2D eigenvalue weighted by Gasteiger charge is -2.34. The maximum atomic E-state index is 8.61. The Morgan fingerprint density at radius 3 is 2.00 bits per heavy atom. The largest absolute Gasteiger partial charge is 0.390 e. The van der Waals surface area contributed by atoms with Crippen LogP contribution in [-0.4, -0.2) is 28.5 Å². The van der Waals surface area contributed by atoms with Crippen molar-refractivity contribution in [3.05, 3.63) is 0 Å². The molecule has 1 saturated carbocycles. The Morgan fingerprint density at radius 2 is 2.00 bits per heavy atom. The topological polar surface area (TPSA) is 66.5 Å². The SMILES string of the molecule is N[C@H]1C[C@H](O)[C@H]1O. The Hall–Kier alpha value is -0.120. The standard InChI is InChI=1S/C4H9NO2/c5-2-1-3(6)4(2)7/h2-4,6-7H,1,5H2/t2-,3-,4-/m0/s1. The molecule has 0 spiro atoms. The zero-order chi connectivity index (χ0) is 5.44. The second-order valence-corrected chi connectivity index (χ2v) is 1.96. The number of hydrogen-bond acceptors (Lipinski definition) is 3. The molecule has 7 heavy (non-hydrogen) atoms. The average molecular weight is 103 g/mol. The number of nitrogens with two attached hydrogens (primary N) is 1. The van der Waals surface area contributed by atoms with Gasteiger partial charge in [-0.1, -0.05) is 0 Å². The van der Waals surface area contributed by atoms with E-state index in [1.807, 2.05) is 0 Å². The van der Waals surface area contributed by atoms with E-state index in [2.05, 4.69) is 0 Å². The van der Waals surface area contributed by atoms with Crippen LogP contribution in [0.15, 0.2) is 0 Å². The van der Waals surface area contributed by atoms with Crippen LogP contribution >= 0.6 is 0 Å². The maximum Gasteiger partial charge on any atom is 0.0951 e. The molecule has 42 valence electrons. The van der Waals surface area contributed by atoms with Crippen molar-refractivity contribution in [2.24, 2.45) is 5.73 Å². The van der Waals surface area contributed by atoms with E-state index in [9.17, 15) is 0 Å². The van der Waals surface area contributed by atoms with Crippen LogP contribution in [0.3, 0.4) is 0 Å². The van der Waals surface area contributed by atoms with Crippen molar-refractivity contribution in [1.29, 1.82) is 0 Å². The van der Waals surface area contributed by atoms with Gasteiger partial charge < -0.3 is 15.9 Å². The van der Waals surface area contributed by atoms with E-state index < -0.39 is 12.2 Å². The zero-order valence-electron chi connectivity index (χ0n) is 3.91. The molecule has 1 aliphatic carbocycles. The third-order valence-corrected chi connectivity index (χ3v) is 1.35. The minimum absolute atomic E-state index is 0.185. The van der Waals surface area contributed by atoms with E-state index in [1.54, 1.807) is 0 Å². The molecule has 0 aromatic rings. The lowest BCUT2D eigenvalue weighted by molar-refractivity contribution is -0.0685. The normalized spacial score (nSPS) is 51.0. The second-order valence-electron chi connectivity index (χ2n) is 1.96. The maximum absolute atomic E-state index is 8.61. The van der Waals surface area contributed by atoms with Gasteiger partial charge >= 0.3 is 0 Å². The van der Waals surface area contributed by atoms with Gasteiger partial charge in [0.1, 0.15) is 0 Å². The molecule has 0 aromatic heterocycles. The summed E-state index contributed by atoms with van der Waals surface area (Å²) in [7, 11) is 0. The van der Waals surface area contributed by atoms with Crippen LogP contribution in [0.4, 0.5) is 0 Å². The Morgan fingerprint density at radius 1 is 1.43 bits per heavy atom. The van der Waals surface area contributed by atoms with Gasteiger partial charge in [0, 0.05) is 6.04 Å². The molecular weight excluding hydrogens is 94.0 g/mol. The van der Waals surface area contributed by atoms with Gasteiger partial charge in [-0.2, -0.15) is 0 Å². The molecule has 0 aliphatic heterocycles. The molecule has 1 fully saturated rings. The van der Waals surface area contributed by atoms with E-state index >= 15 is 0 Å². The highest BCUT2D eigenvalue weighted by molar-refractivity contribution is 4.91. The Labute approximate surface area is 41.8 Å². The van der Waals surface area contributed by atoms with E-state index in [4.69, 9.17) is 15.9 Å². The summed E-state index contributed by atoms with van der Waals surface area (Å²) < 4.78 is 0. The van der Waals surface area contributed by atoms with Gasteiger partial charge in [-0.25, -0.2) is 0 Å². The van der Waals surface area contributed by atoms with Crippen LogP contribution in [0.25, 0.3) is 0 Å². The molecule has 1 rings (SSSR count). The Kier molecular flexibility index (Phi) is 1.03. The number of aliphatic hydroxyl groups excluding tert-OH is 2. The Balaban J connectivity index is 2.29. The molecule has 3 heteroatoms. The fourth-order valence-corrected chi connectivity index (χ4v) is 0.647. The second kappa shape index (κ2) is 1.43. The van der Waals surface area contributed by atoms with Crippen molar-refractivity contribution in [1.82, 2.24) is 0 Å². The van der Waals surface area contributed by atoms with Gasteiger partial charge in [0.05, 0.1) is 12.2 Å². The number of rotatable bonds is 0. The highest BCUT2D eigenvalue weighted by atomic mass is 16.3. The van der Waals surface area contributed by atoms with E-state index in [0.29, 0.717) is 6.42 Å². The summed E-state index contributed by atoms with van der Waals surface area (Å²) in [5, 5.41) is 17.2. The molecule has 0 unspecified atom stereocenters. The predicted octanol–water partition coefficient (Wildman–Crippen LogP) is -1.56. The Bertz CT molecular complexity index is 68.1. The van der Waals surface area contributed by atoms with Gasteiger partial charge in [-0.15, -0.1) is 0 Å². The third kappa shape index (κ3) is 0.627. The molecule has 0 saturated heterocycles. The van der Waals surface area contributed by atoms with Crippen LogP contribution in [0.2, 0.25) is 0 Å². The lowest BCUT2D eigenvalue weighted by Crippen LogP contribution is -2.55. The molecule has 0 radical (unpaired) electrons. The third-order valence-electron chi connectivity index (χ3n) is 1.35. The van der Waals surface area contributed by atoms with E-state index in [-0.39, 0.29) is 6.04 Å². The summed E-state index contributed by atoms with van der Waals surface area (Å²) in [6, 6.07) is -0.185. The minimum Gasteiger partial charge on any atom is -0.390 e. The van der Waals surface area contributed by atoms with E-state index in [0.717, 1.165) is 0 Å². The fraction of sp³-hybridized carbons (Fsp3) is 1.00. The average Bonchev–Trinajstić information content (AvgIpc) is 1.68. The molecule has 0 amide bonds. The van der Waals surface area contributed by atoms with Gasteiger partial charge in [0.15, 0.2) is 0 Å². The first-order chi connectivity index (χ1) is 3.22. The van der Waals surface area contributed by atoms with Crippen molar-refractivity contribution in [2.45, 2.75) is 24.7 Å². The van der Waals surface area contributed by atoms with Gasteiger partial charge in [0.25, 0.3) is 0 Å². The van der Waals surface area contributed by atoms with Crippen LogP contribution in [0.5, 0.6) is 0 Å². The molecular formula is C4H9NO2. The lowest BCUT2D eigenvalue weighted by atomic mass is 9.87. The smallest absolute Gasteiger partial charge is 0.0951 e. The summed E-state index contributed by atoms with van der Waals surface area (Å²) in [6.07, 6.45) is -0.684. The highest BCUT2D eigenvalue weighted by Gasteiger charge is 2.35. The van der Waals surface area contributed by atoms with Crippen molar-refractivity contribution < 1.29 is 10.2 Å².